The van der Waals surface area contributed by atoms with Crippen molar-refractivity contribution in [2.75, 3.05) is 50.1 Å². The Balaban J connectivity index is 1.49. The number of nitrogens with zero attached hydrogens (tertiary/aromatic N) is 7. The first-order valence-corrected chi connectivity index (χ1v) is 13.8. The minimum absolute atomic E-state index is 0.00781. The van der Waals surface area contributed by atoms with Gasteiger partial charge in [0, 0.05) is 43.5 Å². The fourth-order valence-corrected chi connectivity index (χ4v) is 5.95. The van der Waals surface area contributed by atoms with E-state index in [0.717, 1.165) is 36.8 Å². The number of piperazine rings is 1. The minimum Gasteiger partial charge on any atom is -0.458 e. The van der Waals surface area contributed by atoms with E-state index in [0.29, 0.717) is 38.2 Å². The summed E-state index contributed by atoms with van der Waals surface area (Å²) in [6, 6.07) is 8.55. The molecule has 2 unspecified atom stereocenters. The standard InChI is InChI=1S/C29H36F3N7O/c1-4-14-37-16-17-39(18-20(37)11-13-33)27-21-12-15-38(24-8-6-5-7-22(24)29(30,31)32)19-23(21)34-28(35-27)40-26-10-9-25(26)36(2)3/h4-8,14,20,25-26H,9-12,15-19H2,1-3H3/t20-,25?,26?/m0/s1. The summed E-state index contributed by atoms with van der Waals surface area (Å²) < 4.78 is 47.8. The van der Waals surface area contributed by atoms with Crippen molar-refractivity contribution in [1.82, 2.24) is 19.8 Å². The molecule has 1 aromatic carbocycles. The third-order valence-electron chi connectivity index (χ3n) is 8.16. The monoisotopic (exact) mass is 555 g/mol. The second-order valence-corrected chi connectivity index (χ2v) is 10.9. The summed E-state index contributed by atoms with van der Waals surface area (Å²) in [5.74, 6) is 0.771. The van der Waals surface area contributed by atoms with Gasteiger partial charge in [-0.3, -0.25) is 0 Å². The summed E-state index contributed by atoms with van der Waals surface area (Å²) in [6.45, 7) is 4.68. The van der Waals surface area contributed by atoms with Crippen LogP contribution in [0, 0.1) is 11.3 Å². The number of hydrogen-bond donors (Lipinski definition) is 0. The number of fused-ring (bicyclic) bond motifs is 1. The van der Waals surface area contributed by atoms with Crippen LogP contribution in [0.3, 0.4) is 0 Å². The fraction of sp³-hybridized carbons (Fsp3) is 0.552. The maximum atomic E-state index is 13.8. The quantitative estimate of drug-likeness (QED) is 0.496. The van der Waals surface area contributed by atoms with Crippen LogP contribution in [-0.2, 0) is 19.1 Å². The number of alkyl halides is 3. The van der Waals surface area contributed by atoms with E-state index >= 15 is 0 Å². The molecule has 2 aromatic rings. The number of aromatic nitrogens is 2. The zero-order chi connectivity index (χ0) is 28.4. The number of anilines is 2. The fourth-order valence-electron chi connectivity index (χ4n) is 5.95. The highest BCUT2D eigenvalue weighted by Crippen LogP contribution is 2.39. The molecule has 3 aliphatic rings. The number of rotatable bonds is 7. The van der Waals surface area contributed by atoms with E-state index in [4.69, 9.17) is 14.7 Å². The maximum Gasteiger partial charge on any atom is 0.418 e. The molecule has 1 aliphatic carbocycles. The number of likely N-dealkylation sites (N-methyl/N-ethyl adjacent to an activating group) is 1. The van der Waals surface area contributed by atoms with Gasteiger partial charge in [-0.05, 0) is 58.6 Å². The van der Waals surface area contributed by atoms with E-state index in [9.17, 15) is 18.4 Å². The number of nitriles is 1. The smallest absolute Gasteiger partial charge is 0.418 e. The average Bonchev–Trinajstić information content (AvgIpc) is 2.91. The van der Waals surface area contributed by atoms with E-state index in [2.05, 4.69) is 20.8 Å². The Kier molecular flexibility index (Phi) is 8.08. The summed E-state index contributed by atoms with van der Waals surface area (Å²) in [7, 11) is 4.05. The maximum absolute atomic E-state index is 13.8. The van der Waals surface area contributed by atoms with E-state index in [1.54, 1.807) is 11.0 Å². The highest BCUT2D eigenvalue weighted by atomic mass is 19.4. The predicted molar refractivity (Wildman–Crippen MR) is 147 cm³/mol. The molecule has 8 nitrogen and oxygen atoms in total. The lowest BCUT2D eigenvalue weighted by molar-refractivity contribution is -0.137. The van der Waals surface area contributed by atoms with Crippen LogP contribution < -0.4 is 14.5 Å². The molecule has 214 valence electrons. The number of benzene rings is 1. The van der Waals surface area contributed by atoms with Gasteiger partial charge in [0.25, 0.3) is 0 Å². The van der Waals surface area contributed by atoms with E-state index in [1.807, 2.05) is 33.3 Å². The minimum atomic E-state index is -4.45. The van der Waals surface area contributed by atoms with Gasteiger partial charge in [0.05, 0.1) is 36.3 Å². The van der Waals surface area contributed by atoms with Crippen molar-refractivity contribution in [3.63, 3.8) is 0 Å². The third kappa shape index (κ3) is 5.68. The Morgan fingerprint density at radius 3 is 2.60 bits per heavy atom. The molecule has 0 N–H and O–H groups in total. The predicted octanol–water partition coefficient (Wildman–Crippen LogP) is 4.47. The molecule has 0 amide bonds. The van der Waals surface area contributed by atoms with Crippen LogP contribution in [0.5, 0.6) is 6.01 Å². The molecule has 1 aromatic heterocycles. The number of hydrogen-bond acceptors (Lipinski definition) is 8. The second kappa shape index (κ2) is 11.5. The normalized spacial score (nSPS) is 23.2. The van der Waals surface area contributed by atoms with Crippen LogP contribution in [0.15, 0.2) is 36.5 Å². The first kappa shape index (κ1) is 28.0. The highest BCUT2D eigenvalue weighted by Gasteiger charge is 2.38. The Morgan fingerprint density at radius 2 is 1.93 bits per heavy atom. The van der Waals surface area contributed by atoms with Crippen molar-refractivity contribution in [3.05, 3.63) is 53.4 Å². The van der Waals surface area contributed by atoms with Crippen molar-refractivity contribution < 1.29 is 17.9 Å². The average molecular weight is 556 g/mol. The first-order valence-electron chi connectivity index (χ1n) is 13.8. The zero-order valence-electron chi connectivity index (χ0n) is 23.2. The molecule has 1 saturated heterocycles. The second-order valence-electron chi connectivity index (χ2n) is 10.9. The Hall–Kier alpha value is -3.52. The van der Waals surface area contributed by atoms with Crippen LogP contribution in [0.1, 0.15) is 43.0 Å². The Morgan fingerprint density at radius 1 is 1.12 bits per heavy atom. The van der Waals surface area contributed by atoms with Crippen molar-refractivity contribution in [1.29, 1.82) is 5.26 Å². The lowest BCUT2D eigenvalue weighted by Gasteiger charge is -2.43. The van der Waals surface area contributed by atoms with Gasteiger partial charge < -0.3 is 24.3 Å². The van der Waals surface area contributed by atoms with E-state index < -0.39 is 11.7 Å². The van der Waals surface area contributed by atoms with Gasteiger partial charge in [-0.25, -0.2) is 0 Å². The molecular formula is C29H36F3N7O. The third-order valence-corrected chi connectivity index (χ3v) is 8.16. The highest BCUT2D eigenvalue weighted by molar-refractivity contribution is 5.59. The SMILES string of the molecule is CC=CN1CCN(c2nc(OC3CCC3N(C)C)nc3c2CCN(c2ccccc2C(F)(F)F)C3)C[C@@H]1CC#N. The molecule has 0 radical (unpaired) electrons. The van der Waals surface area contributed by atoms with Crippen molar-refractivity contribution in [2.24, 2.45) is 0 Å². The van der Waals surface area contributed by atoms with Crippen LogP contribution in [-0.4, -0.2) is 78.2 Å². The topological polar surface area (TPSA) is 71.8 Å². The largest absolute Gasteiger partial charge is 0.458 e. The molecule has 0 spiro atoms. The summed E-state index contributed by atoms with van der Waals surface area (Å²) in [5.41, 5.74) is 1.15. The number of allylic oxidation sites excluding steroid dienone is 1. The molecule has 0 bridgehead atoms. The molecule has 3 heterocycles. The molecule has 2 aliphatic heterocycles. The summed E-state index contributed by atoms with van der Waals surface area (Å²) in [4.78, 5) is 17.9. The van der Waals surface area contributed by atoms with Gasteiger partial charge in [-0.15, -0.1) is 0 Å². The van der Waals surface area contributed by atoms with Gasteiger partial charge >= 0.3 is 12.2 Å². The molecule has 11 heteroatoms. The molecular weight excluding hydrogens is 519 g/mol. The molecule has 1 saturated carbocycles. The number of ether oxygens (including phenoxy) is 1. The number of para-hydroxylation sites is 1. The van der Waals surface area contributed by atoms with Gasteiger partial charge in [0.2, 0.25) is 0 Å². The Labute approximate surface area is 233 Å². The molecule has 5 rings (SSSR count). The first-order chi connectivity index (χ1) is 19.2. The zero-order valence-corrected chi connectivity index (χ0v) is 23.2. The van der Waals surface area contributed by atoms with Crippen LogP contribution in [0.4, 0.5) is 24.7 Å². The summed E-state index contributed by atoms with van der Waals surface area (Å²) >= 11 is 0. The lowest BCUT2D eigenvalue weighted by Crippen LogP contribution is -2.52. The van der Waals surface area contributed by atoms with E-state index in [1.165, 1.54) is 12.1 Å². The van der Waals surface area contributed by atoms with Gasteiger partial charge in [-0.1, -0.05) is 18.2 Å². The van der Waals surface area contributed by atoms with Gasteiger partial charge in [-0.2, -0.15) is 28.4 Å². The Bertz CT molecular complexity index is 1280. The molecule has 2 fully saturated rings. The lowest BCUT2D eigenvalue weighted by atomic mass is 9.88. The van der Waals surface area contributed by atoms with E-state index in [-0.39, 0.29) is 36.4 Å². The van der Waals surface area contributed by atoms with Crippen LogP contribution in [0.2, 0.25) is 0 Å². The van der Waals surface area contributed by atoms with Crippen LogP contribution >= 0.6 is 0 Å². The van der Waals surface area contributed by atoms with Crippen molar-refractivity contribution in [2.45, 2.75) is 63.5 Å². The summed E-state index contributed by atoms with van der Waals surface area (Å²) in [6.07, 6.45) is 2.34. The van der Waals surface area contributed by atoms with Crippen LogP contribution in [0.25, 0.3) is 0 Å². The summed E-state index contributed by atoms with van der Waals surface area (Å²) in [5, 5.41) is 9.46. The molecule has 3 atom stereocenters. The van der Waals surface area contributed by atoms with Crippen molar-refractivity contribution in [3.8, 4) is 12.1 Å². The number of halogens is 3. The molecule has 40 heavy (non-hydrogen) atoms. The van der Waals surface area contributed by atoms with Gasteiger partial charge in [0.15, 0.2) is 0 Å². The van der Waals surface area contributed by atoms with Crippen molar-refractivity contribution >= 4 is 11.5 Å². The van der Waals surface area contributed by atoms with Gasteiger partial charge in [0.1, 0.15) is 11.9 Å².